The maximum atomic E-state index is 11.9. The lowest BCUT2D eigenvalue weighted by atomic mass is 10.1. The summed E-state index contributed by atoms with van der Waals surface area (Å²) in [5.41, 5.74) is 0.547. The lowest BCUT2D eigenvalue weighted by Gasteiger charge is -2.20. The molecule has 21 heavy (non-hydrogen) atoms. The highest BCUT2D eigenvalue weighted by Crippen LogP contribution is 2.12. The van der Waals surface area contributed by atoms with Crippen molar-refractivity contribution in [1.29, 1.82) is 0 Å². The molecule has 0 saturated carbocycles. The third kappa shape index (κ3) is 3.12. The van der Waals surface area contributed by atoms with Crippen LogP contribution in [0.25, 0.3) is 4.96 Å². The zero-order valence-electron chi connectivity index (χ0n) is 11.3. The molecule has 2 aromatic heterocycles. The molecular weight excluding hydrogens is 294 g/mol. The number of ether oxygens (including phenoxy) is 1. The minimum Gasteiger partial charge on any atom is -0.481 e. The number of rotatable bonds is 3. The number of carboxylic acid groups (broad SMARTS) is 1. The van der Waals surface area contributed by atoms with Crippen molar-refractivity contribution in [2.45, 2.75) is 6.54 Å². The van der Waals surface area contributed by atoms with Gasteiger partial charge in [0.05, 0.1) is 24.8 Å². The fourth-order valence-electron chi connectivity index (χ4n) is 2.37. The van der Waals surface area contributed by atoms with Gasteiger partial charge in [-0.15, -0.1) is 11.3 Å². The summed E-state index contributed by atoms with van der Waals surface area (Å²) < 4.78 is 6.81. The molecule has 3 heterocycles. The second-order valence-electron chi connectivity index (χ2n) is 4.99. The molecule has 1 aliphatic heterocycles. The summed E-state index contributed by atoms with van der Waals surface area (Å²) >= 11 is 1.40. The maximum Gasteiger partial charge on any atom is 0.310 e. The number of nitrogens with zero attached hydrogens (tertiary/aromatic N) is 3. The van der Waals surface area contributed by atoms with Crippen LogP contribution in [0.5, 0.6) is 0 Å². The van der Waals surface area contributed by atoms with Crippen LogP contribution in [0.2, 0.25) is 0 Å². The monoisotopic (exact) mass is 309 g/mol. The minimum absolute atomic E-state index is 0.114. The molecule has 0 aromatic carbocycles. The van der Waals surface area contributed by atoms with E-state index in [1.807, 2.05) is 10.3 Å². The SMILES string of the molecule is O=C(O)C1COCCN(Cc2cc(=O)n3ccsc3n2)C1. The minimum atomic E-state index is -0.858. The molecule has 0 radical (unpaired) electrons. The second kappa shape index (κ2) is 5.92. The maximum absolute atomic E-state index is 11.9. The van der Waals surface area contributed by atoms with Gasteiger partial charge in [0, 0.05) is 37.3 Å². The quantitative estimate of drug-likeness (QED) is 0.877. The molecule has 1 fully saturated rings. The Morgan fingerprint density at radius 2 is 2.43 bits per heavy atom. The summed E-state index contributed by atoms with van der Waals surface area (Å²) in [5, 5.41) is 10.9. The van der Waals surface area contributed by atoms with E-state index in [9.17, 15) is 9.59 Å². The smallest absolute Gasteiger partial charge is 0.310 e. The topological polar surface area (TPSA) is 84.1 Å². The summed E-state index contributed by atoms with van der Waals surface area (Å²) in [6.07, 6.45) is 1.69. The number of thiazole rings is 1. The lowest BCUT2D eigenvalue weighted by Crippen LogP contribution is -2.33. The molecule has 1 unspecified atom stereocenters. The van der Waals surface area contributed by atoms with Crippen LogP contribution >= 0.6 is 11.3 Å². The van der Waals surface area contributed by atoms with Crippen molar-refractivity contribution >= 4 is 22.3 Å². The number of carbonyl (C=O) groups is 1. The van der Waals surface area contributed by atoms with Gasteiger partial charge in [-0.25, -0.2) is 4.98 Å². The van der Waals surface area contributed by atoms with E-state index in [0.29, 0.717) is 36.9 Å². The van der Waals surface area contributed by atoms with Gasteiger partial charge in [-0.1, -0.05) is 0 Å². The molecule has 1 N–H and O–H groups in total. The molecule has 3 rings (SSSR count). The van der Waals surface area contributed by atoms with Crippen molar-refractivity contribution in [2.24, 2.45) is 5.92 Å². The number of aliphatic carboxylic acids is 1. The predicted molar refractivity (Wildman–Crippen MR) is 76.6 cm³/mol. The Morgan fingerprint density at radius 1 is 1.57 bits per heavy atom. The van der Waals surface area contributed by atoms with E-state index in [2.05, 4.69) is 4.98 Å². The third-order valence-electron chi connectivity index (χ3n) is 3.44. The number of fused-ring (bicyclic) bond motifs is 1. The highest BCUT2D eigenvalue weighted by Gasteiger charge is 2.24. The molecule has 2 aromatic rings. The standard InChI is InChI=1S/C13H15N3O4S/c17-11-5-10(14-13-16(11)2-4-21-13)7-15-1-3-20-8-9(6-15)12(18)19/h2,4-5,9H,1,3,6-8H2,(H,18,19). The molecule has 0 amide bonds. The van der Waals surface area contributed by atoms with Crippen LogP contribution in [-0.2, 0) is 16.1 Å². The van der Waals surface area contributed by atoms with Crippen LogP contribution in [0.3, 0.4) is 0 Å². The van der Waals surface area contributed by atoms with E-state index >= 15 is 0 Å². The molecular formula is C13H15N3O4S. The van der Waals surface area contributed by atoms with Crippen molar-refractivity contribution in [3.63, 3.8) is 0 Å². The summed E-state index contributed by atoms with van der Waals surface area (Å²) in [7, 11) is 0. The summed E-state index contributed by atoms with van der Waals surface area (Å²) in [4.78, 5) is 30.1. The normalized spacial score (nSPS) is 20.5. The Bertz CT molecular complexity index is 711. The van der Waals surface area contributed by atoms with Crippen molar-refractivity contribution in [3.8, 4) is 0 Å². The highest BCUT2D eigenvalue weighted by molar-refractivity contribution is 7.15. The van der Waals surface area contributed by atoms with Crippen LogP contribution in [0.1, 0.15) is 5.69 Å². The first kappa shape index (κ1) is 14.2. The zero-order valence-corrected chi connectivity index (χ0v) is 12.1. The fraction of sp³-hybridized carbons (Fsp3) is 0.462. The Balaban J connectivity index is 1.80. The van der Waals surface area contributed by atoms with Gasteiger partial charge in [0.25, 0.3) is 5.56 Å². The van der Waals surface area contributed by atoms with Gasteiger partial charge in [-0.2, -0.15) is 0 Å². The van der Waals surface area contributed by atoms with Crippen LogP contribution in [-0.4, -0.2) is 51.7 Å². The first-order valence-corrected chi connectivity index (χ1v) is 7.50. The molecule has 0 spiro atoms. The van der Waals surface area contributed by atoms with Gasteiger partial charge in [0.2, 0.25) is 0 Å². The average molecular weight is 309 g/mol. The Hall–Kier alpha value is -1.77. The molecule has 7 nitrogen and oxygen atoms in total. The predicted octanol–water partition coefficient (Wildman–Crippen LogP) is 0.289. The van der Waals surface area contributed by atoms with Gasteiger partial charge in [-0.05, 0) is 0 Å². The van der Waals surface area contributed by atoms with Crippen LogP contribution < -0.4 is 5.56 Å². The molecule has 0 bridgehead atoms. The largest absolute Gasteiger partial charge is 0.481 e. The van der Waals surface area contributed by atoms with Crippen LogP contribution in [0, 0.1) is 5.92 Å². The Kier molecular flexibility index (Phi) is 4.00. The van der Waals surface area contributed by atoms with E-state index < -0.39 is 11.9 Å². The van der Waals surface area contributed by atoms with Gasteiger partial charge >= 0.3 is 5.97 Å². The summed E-state index contributed by atoms with van der Waals surface area (Å²) in [6, 6.07) is 1.50. The molecule has 8 heteroatoms. The molecule has 0 aliphatic carbocycles. The first-order chi connectivity index (χ1) is 10.1. The van der Waals surface area contributed by atoms with Crippen molar-refractivity contribution < 1.29 is 14.6 Å². The van der Waals surface area contributed by atoms with E-state index in [-0.39, 0.29) is 12.2 Å². The lowest BCUT2D eigenvalue weighted by molar-refractivity contribution is -0.143. The summed E-state index contributed by atoms with van der Waals surface area (Å²) in [6.45, 7) is 2.21. The van der Waals surface area contributed by atoms with E-state index in [4.69, 9.17) is 9.84 Å². The van der Waals surface area contributed by atoms with Gasteiger partial charge in [-0.3, -0.25) is 18.9 Å². The van der Waals surface area contributed by atoms with Gasteiger partial charge in [0.15, 0.2) is 4.96 Å². The van der Waals surface area contributed by atoms with Crippen molar-refractivity contribution in [3.05, 3.63) is 33.7 Å². The second-order valence-corrected chi connectivity index (χ2v) is 5.86. The van der Waals surface area contributed by atoms with E-state index in [0.717, 1.165) is 0 Å². The van der Waals surface area contributed by atoms with E-state index in [1.54, 1.807) is 6.20 Å². The average Bonchev–Trinajstić information content (AvgIpc) is 2.78. The van der Waals surface area contributed by atoms with Gasteiger partial charge in [0.1, 0.15) is 0 Å². The summed E-state index contributed by atoms with van der Waals surface area (Å²) in [5.74, 6) is -1.40. The fourth-order valence-corrected chi connectivity index (χ4v) is 3.10. The zero-order chi connectivity index (χ0) is 14.8. The number of carboxylic acids is 1. The first-order valence-electron chi connectivity index (χ1n) is 6.62. The van der Waals surface area contributed by atoms with Gasteiger partial charge < -0.3 is 9.84 Å². The molecule has 1 aliphatic rings. The van der Waals surface area contributed by atoms with E-state index in [1.165, 1.54) is 21.8 Å². The van der Waals surface area contributed by atoms with Crippen LogP contribution in [0.4, 0.5) is 0 Å². The number of hydrogen-bond donors (Lipinski definition) is 1. The highest BCUT2D eigenvalue weighted by atomic mass is 32.1. The number of aromatic nitrogens is 2. The molecule has 1 saturated heterocycles. The van der Waals surface area contributed by atoms with Crippen LogP contribution in [0.15, 0.2) is 22.4 Å². The third-order valence-corrected chi connectivity index (χ3v) is 4.20. The van der Waals surface area contributed by atoms with Crippen molar-refractivity contribution in [1.82, 2.24) is 14.3 Å². The molecule has 112 valence electrons. The Morgan fingerprint density at radius 3 is 3.24 bits per heavy atom. The van der Waals surface area contributed by atoms with Crippen molar-refractivity contribution in [2.75, 3.05) is 26.3 Å². The molecule has 1 atom stereocenters. The Labute approximate surface area is 124 Å². The number of hydrogen-bond acceptors (Lipinski definition) is 6.